The van der Waals surface area contributed by atoms with Crippen LogP contribution < -0.4 is 10.6 Å². The van der Waals surface area contributed by atoms with E-state index >= 15 is 0 Å². The number of aliphatic carboxylic acids is 1. The normalized spacial score (nSPS) is 15.6. The highest BCUT2D eigenvalue weighted by Gasteiger charge is 2.14. The van der Waals surface area contributed by atoms with E-state index in [2.05, 4.69) is 10.6 Å². The molecule has 0 unspecified atom stereocenters. The van der Waals surface area contributed by atoms with Crippen molar-refractivity contribution in [2.75, 3.05) is 13.1 Å². The molecule has 0 spiro atoms. The van der Waals surface area contributed by atoms with Gasteiger partial charge in [0.1, 0.15) is 0 Å². The van der Waals surface area contributed by atoms with Gasteiger partial charge in [0.2, 0.25) is 0 Å². The third kappa shape index (κ3) is 7.14. The maximum absolute atomic E-state index is 11.4. The number of hydrogen-bond donors (Lipinski definition) is 3. The molecule has 18 heavy (non-hydrogen) atoms. The lowest BCUT2D eigenvalue weighted by molar-refractivity contribution is -0.137. The molecule has 0 saturated heterocycles. The van der Waals surface area contributed by atoms with Gasteiger partial charge in [-0.05, 0) is 25.2 Å². The fourth-order valence-electron chi connectivity index (χ4n) is 2.35. The second-order valence-corrected chi connectivity index (χ2v) is 4.97. The van der Waals surface area contributed by atoms with Crippen LogP contribution in [0.3, 0.4) is 0 Å². The van der Waals surface area contributed by atoms with Crippen molar-refractivity contribution in [2.24, 2.45) is 5.92 Å². The Balaban J connectivity index is 1.88. The minimum atomic E-state index is -0.781. The predicted octanol–water partition coefficient (Wildman–Crippen LogP) is 2.12. The lowest BCUT2D eigenvalue weighted by Gasteiger charge is -2.10. The van der Waals surface area contributed by atoms with E-state index in [-0.39, 0.29) is 12.5 Å². The van der Waals surface area contributed by atoms with E-state index in [0.29, 0.717) is 19.4 Å². The first kappa shape index (κ1) is 14.8. The summed E-state index contributed by atoms with van der Waals surface area (Å²) < 4.78 is 0. The van der Waals surface area contributed by atoms with Crippen LogP contribution in [0.2, 0.25) is 0 Å². The Morgan fingerprint density at radius 2 is 1.72 bits per heavy atom. The standard InChI is InChI=1S/C13H24N2O3/c16-12(17)7-3-4-9-14-13(18)15-10-8-11-5-1-2-6-11/h11H,1-10H2,(H,16,17)(H2,14,15,18). The Bertz CT molecular complexity index is 263. The van der Waals surface area contributed by atoms with E-state index in [1.165, 1.54) is 25.7 Å². The average Bonchev–Trinajstić information content (AvgIpc) is 2.81. The third-order valence-corrected chi connectivity index (χ3v) is 3.42. The topological polar surface area (TPSA) is 78.4 Å². The Morgan fingerprint density at radius 1 is 1.06 bits per heavy atom. The first-order valence-corrected chi connectivity index (χ1v) is 6.92. The quantitative estimate of drug-likeness (QED) is 0.582. The van der Waals surface area contributed by atoms with Gasteiger partial charge in [-0.3, -0.25) is 4.79 Å². The largest absolute Gasteiger partial charge is 0.481 e. The Kier molecular flexibility index (Phi) is 7.22. The predicted molar refractivity (Wildman–Crippen MR) is 69.5 cm³/mol. The molecule has 5 heteroatoms. The van der Waals surface area contributed by atoms with Gasteiger partial charge in [-0.15, -0.1) is 0 Å². The number of rotatable bonds is 8. The average molecular weight is 256 g/mol. The summed E-state index contributed by atoms with van der Waals surface area (Å²) in [5.41, 5.74) is 0. The van der Waals surface area contributed by atoms with Crippen molar-refractivity contribution in [1.29, 1.82) is 0 Å². The van der Waals surface area contributed by atoms with Crippen LogP contribution in [0, 0.1) is 5.92 Å². The number of urea groups is 1. The van der Waals surface area contributed by atoms with Crippen LogP contribution in [-0.4, -0.2) is 30.2 Å². The molecule has 0 aromatic carbocycles. The fourth-order valence-corrected chi connectivity index (χ4v) is 2.35. The van der Waals surface area contributed by atoms with Crippen molar-refractivity contribution in [3.8, 4) is 0 Å². The maximum Gasteiger partial charge on any atom is 0.314 e. The van der Waals surface area contributed by atoms with Gasteiger partial charge in [-0.2, -0.15) is 0 Å². The zero-order valence-electron chi connectivity index (χ0n) is 10.9. The number of carboxylic acids is 1. The molecule has 0 aliphatic heterocycles. The van der Waals surface area contributed by atoms with Gasteiger partial charge in [0.15, 0.2) is 0 Å². The van der Waals surface area contributed by atoms with Crippen LogP contribution in [0.15, 0.2) is 0 Å². The maximum atomic E-state index is 11.4. The molecule has 1 saturated carbocycles. The molecule has 3 N–H and O–H groups in total. The van der Waals surface area contributed by atoms with Gasteiger partial charge in [-0.25, -0.2) is 4.79 Å². The van der Waals surface area contributed by atoms with E-state index in [0.717, 1.165) is 18.9 Å². The molecule has 1 aliphatic carbocycles. The summed E-state index contributed by atoms with van der Waals surface area (Å²) in [4.78, 5) is 21.6. The molecule has 0 atom stereocenters. The zero-order chi connectivity index (χ0) is 13.2. The van der Waals surface area contributed by atoms with Crippen molar-refractivity contribution in [2.45, 2.75) is 51.4 Å². The molecule has 0 aromatic rings. The molecule has 1 aliphatic rings. The van der Waals surface area contributed by atoms with Gasteiger partial charge in [0.05, 0.1) is 0 Å². The van der Waals surface area contributed by atoms with E-state index in [1.54, 1.807) is 0 Å². The van der Waals surface area contributed by atoms with Gasteiger partial charge < -0.3 is 15.7 Å². The lowest BCUT2D eigenvalue weighted by atomic mass is 10.0. The summed E-state index contributed by atoms with van der Waals surface area (Å²) in [5.74, 6) is 0.0110. The molecule has 0 radical (unpaired) electrons. The summed E-state index contributed by atoms with van der Waals surface area (Å²) >= 11 is 0. The number of carbonyl (C=O) groups excluding carboxylic acids is 1. The van der Waals surface area contributed by atoms with Gasteiger partial charge in [-0.1, -0.05) is 25.7 Å². The number of hydrogen-bond acceptors (Lipinski definition) is 2. The number of amides is 2. The van der Waals surface area contributed by atoms with Crippen LogP contribution in [0.4, 0.5) is 4.79 Å². The van der Waals surface area contributed by atoms with E-state index < -0.39 is 5.97 Å². The first-order chi connectivity index (χ1) is 8.68. The number of nitrogens with one attached hydrogen (secondary N) is 2. The number of carbonyl (C=O) groups is 2. The monoisotopic (exact) mass is 256 g/mol. The molecular formula is C13H24N2O3. The SMILES string of the molecule is O=C(O)CCCCNC(=O)NCCC1CCCC1. The molecule has 104 valence electrons. The van der Waals surface area contributed by atoms with Crippen molar-refractivity contribution in [3.05, 3.63) is 0 Å². The highest BCUT2D eigenvalue weighted by atomic mass is 16.4. The van der Waals surface area contributed by atoms with Crippen molar-refractivity contribution < 1.29 is 14.7 Å². The second-order valence-electron chi connectivity index (χ2n) is 4.97. The Labute approximate surface area is 108 Å². The minimum absolute atomic E-state index is 0.136. The summed E-state index contributed by atoms with van der Waals surface area (Å²) in [6.07, 6.45) is 7.84. The highest BCUT2D eigenvalue weighted by Crippen LogP contribution is 2.26. The lowest BCUT2D eigenvalue weighted by Crippen LogP contribution is -2.36. The van der Waals surface area contributed by atoms with Crippen LogP contribution in [0.1, 0.15) is 51.4 Å². The molecule has 5 nitrogen and oxygen atoms in total. The number of unbranched alkanes of at least 4 members (excludes halogenated alkanes) is 1. The van der Waals surface area contributed by atoms with Crippen molar-refractivity contribution >= 4 is 12.0 Å². The number of carboxylic acid groups (broad SMARTS) is 1. The van der Waals surface area contributed by atoms with Gasteiger partial charge in [0.25, 0.3) is 0 Å². The van der Waals surface area contributed by atoms with Gasteiger partial charge in [0, 0.05) is 19.5 Å². The fraction of sp³-hybridized carbons (Fsp3) is 0.846. The Morgan fingerprint density at radius 3 is 2.39 bits per heavy atom. The second kappa shape index (κ2) is 8.78. The van der Waals surface area contributed by atoms with Crippen molar-refractivity contribution in [3.63, 3.8) is 0 Å². The van der Waals surface area contributed by atoms with Crippen LogP contribution in [-0.2, 0) is 4.79 Å². The molecule has 0 aromatic heterocycles. The smallest absolute Gasteiger partial charge is 0.314 e. The molecule has 1 rings (SSSR count). The summed E-state index contributed by atoms with van der Waals surface area (Å²) in [7, 11) is 0. The van der Waals surface area contributed by atoms with Crippen LogP contribution in [0.5, 0.6) is 0 Å². The minimum Gasteiger partial charge on any atom is -0.481 e. The first-order valence-electron chi connectivity index (χ1n) is 6.92. The molecule has 1 fully saturated rings. The van der Waals surface area contributed by atoms with Crippen molar-refractivity contribution in [1.82, 2.24) is 10.6 Å². The third-order valence-electron chi connectivity index (χ3n) is 3.42. The van der Waals surface area contributed by atoms with Gasteiger partial charge >= 0.3 is 12.0 Å². The molecular weight excluding hydrogens is 232 g/mol. The van der Waals surface area contributed by atoms with E-state index in [9.17, 15) is 9.59 Å². The van der Waals surface area contributed by atoms with E-state index in [4.69, 9.17) is 5.11 Å². The van der Waals surface area contributed by atoms with Crippen LogP contribution in [0.25, 0.3) is 0 Å². The molecule has 0 heterocycles. The summed E-state index contributed by atoms with van der Waals surface area (Å²) in [6.45, 7) is 1.29. The van der Waals surface area contributed by atoms with Crippen LogP contribution >= 0.6 is 0 Å². The Hall–Kier alpha value is -1.26. The van der Waals surface area contributed by atoms with E-state index in [1.807, 2.05) is 0 Å². The summed E-state index contributed by atoms with van der Waals surface area (Å²) in [5, 5.41) is 14.0. The molecule has 0 bridgehead atoms. The summed E-state index contributed by atoms with van der Waals surface area (Å²) in [6, 6.07) is -0.136. The molecule has 2 amide bonds. The highest BCUT2D eigenvalue weighted by molar-refractivity contribution is 5.73. The zero-order valence-corrected chi connectivity index (χ0v) is 10.9.